The maximum atomic E-state index is 16.6. The normalized spacial score (nSPS) is 29.6. The zero-order chi connectivity index (χ0) is 56.4. The lowest BCUT2D eigenvalue weighted by Gasteiger charge is -2.37. The van der Waals surface area contributed by atoms with Crippen molar-refractivity contribution in [2.24, 2.45) is 23.5 Å². The molecule has 5 bridgehead atoms. The Kier molecular flexibility index (Phi) is 15.4. The number of phenolic OH excluding ortho intramolecular Hbond substituents is 1. The Hall–Kier alpha value is -7.40. The molecule has 1 saturated carbocycles. The molecule has 9 rings (SSSR count). The van der Waals surface area contributed by atoms with E-state index in [0.29, 0.717) is 12.8 Å². The van der Waals surface area contributed by atoms with Gasteiger partial charge in [0.15, 0.2) is 11.6 Å². The summed E-state index contributed by atoms with van der Waals surface area (Å²) in [5.41, 5.74) is 2.66. The number of phenols is 1. The summed E-state index contributed by atoms with van der Waals surface area (Å²) in [5.74, 6) is -12.4. The van der Waals surface area contributed by atoms with Crippen LogP contribution in [0.5, 0.6) is 17.2 Å². The van der Waals surface area contributed by atoms with Gasteiger partial charge in [-0.1, -0.05) is 39.0 Å². The lowest BCUT2D eigenvalue weighted by molar-refractivity contribution is -0.159. The first-order valence-electron chi connectivity index (χ1n) is 25.3. The highest BCUT2D eigenvalue weighted by Gasteiger charge is 2.54. The van der Waals surface area contributed by atoms with Crippen LogP contribution < -0.4 is 30.9 Å². The Morgan fingerprint density at radius 2 is 1.66 bits per heavy atom. The second-order valence-electron chi connectivity index (χ2n) is 20.7. The summed E-state index contributed by atoms with van der Waals surface area (Å²) in [4.78, 5) is 101. The van der Waals surface area contributed by atoms with Gasteiger partial charge in [0.2, 0.25) is 17.0 Å². The van der Waals surface area contributed by atoms with E-state index in [1.807, 2.05) is 0 Å². The molecule has 2 aromatic carbocycles. The Morgan fingerprint density at radius 1 is 0.974 bits per heavy atom. The van der Waals surface area contributed by atoms with Crippen molar-refractivity contribution in [2.45, 2.75) is 116 Å². The van der Waals surface area contributed by atoms with Gasteiger partial charge in [0, 0.05) is 88.3 Å². The number of pyridine rings is 1. The van der Waals surface area contributed by atoms with Gasteiger partial charge in [-0.15, -0.1) is 0 Å². The number of anilines is 1. The third-order valence-electron chi connectivity index (χ3n) is 15.6. The number of fused-ring (bicyclic) bond motifs is 15. The average Bonchev–Trinajstić information content (AvgIpc) is 4.19. The number of esters is 1. The predicted molar refractivity (Wildman–Crippen MR) is 275 cm³/mol. The monoisotopic (exact) mass is 1070 g/mol. The Bertz CT molecular complexity index is 3200. The Morgan fingerprint density at radius 3 is 2.29 bits per heavy atom. The number of hydrogen-bond acceptors (Lipinski definition) is 18. The number of carboxylic acids is 1. The number of benzene rings is 2. The number of ether oxygens (including phenoxy) is 5. The zero-order valence-electron chi connectivity index (χ0n) is 44.3. The van der Waals surface area contributed by atoms with E-state index in [0.717, 1.165) is 12.3 Å². The van der Waals surface area contributed by atoms with Gasteiger partial charge in [-0.25, -0.2) is 9.18 Å². The lowest BCUT2D eigenvalue weighted by Crippen LogP contribution is -2.53. The number of carboxylic acid groups (broad SMARTS) is 1. The maximum absolute atomic E-state index is 16.6. The zero-order valence-corrected chi connectivity index (χ0v) is 44.3. The molecule has 2 aliphatic carbocycles. The number of amides is 1. The van der Waals surface area contributed by atoms with Crippen LogP contribution in [0.4, 0.5) is 10.1 Å². The molecule has 21 nitrogen and oxygen atoms in total. The third-order valence-corrected chi connectivity index (χ3v) is 15.6. The molecule has 77 heavy (non-hydrogen) atoms. The number of carbonyl (C=O) groups is 6. The fourth-order valence-electron chi connectivity index (χ4n) is 10.9. The molecule has 4 aliphatic heterocycles. The van der Waals surface area contributed by atoms with Gasteiger partial charge in [-0.05, 0) is 45.3 Å². The van der Waals surface area contributed by atoms with Crippen LogP contribution in [0.25, 0.3) is 10.9 Å². The van der Waals surface area contributed by atoms with E-state index in [9.17, 15) is 44.4 Å². The smallest absolute Gasteiger partial charge is 0.341 e. The number of aromatic hydroxyl groups is 1. The molecule has 22 heteroatoms. The molecule has 6 aliphatic rings. The fourth-order valence-corrected chi connectivity index (χ4v) is 10.9. The van der Waals surface area contributed by atoms with Gasteiger partial charge in [0.25, 0.3) is 11.7 Å². The summed E-state index contributed by atoms with van der Waals surface area (Å²) < 4.78 is 47.7. The number of likely N-dealkylation sites (N-methyl/N-ethyl adjacent to an activating group) is 1. The van der Waals surface area contributed by atoms with E-state index in [2.05, 4.69) is 5.32 Å². The standard InChI is InChI=1S/C55H64FN5O16/c1-23-12-11-13-24(2)53(70)58-39-42(59(8)30-16-18-60(21-30)41-33(56)20-31-40(51(41)74-10)61(29-14-15-29)22-32(46(31)66)54(71)72)48(68)35-36(47(39)67)44(64)26(4)50-37(35)52(69)55(7,77-50)75-19-17-34(73-9)25(3)49(76-28(6)62)27(5)45(65)38(57)43(23)63/h11-13,17,19-20,22-23,25,27,29-30,34,38,43,45,49,63-65H,14-16,18,21,57H2,1-10H3,(H,58,70)(H,71,72)/b12-11+,19-17+,24-13-/t23-,25+,27+,30?,34-,38+,43-,45-,49+,55-/m0/s1. The molecule has 1 unspecified atom stereocenters. The first-order chi connectivity index (χ1) is 36.3. The summed E-state index contributed by atoms with van der Waals surface area (Å²) in [5, 5.41) is 47.0. The van der Waals surface area contributed by atoms with E-state index < -0.39 is 135 Å². The van der Waals surface area contributed by atoms with Crippen LogP contribution in [0.15, 0.2) is 64.6 Å². The number of aliphatic hydroxyl groups excluding tert-OH is 2. The van der Waals surface area contributed by atoms with Crippen molar-refractivity contribution in [1.82, 2.24) is 14.8 Å². The number of aromatic nitrogens is 1. The van der Waals surface area contributed by atoms with E-state index in [1.54, 1.807) is 30.2 Å². The summed E-state index contributed by atoms with van der Waals surface area (Å²) in [6.45, 7) is 10.2. The van der Waals surface area contributed by atoms with Crippen molar-refractivity contribution < 1.29 is 77.3 Å². The summed E-state index contributed by atoms with van der Waals surface area (Å²) in [6.07, 6.45) is 4.92. The van der Waals surface area contributed by atoms with Gasteiger partial charge in [0.1, 0.15) is 40.2 Å². The molecule has 7 N–H and O–H groups in total. The molecule has 1 amide bonds. The molecule has 1 aromatic heterocycles. The SMILES string of the molecule is COc1c(N2CCC(N(C)C3=C4NC(=O)/C(C)=C\C=C\[C@H](C)[C@H](O)[C@@H](N)[C@@H](O)[C@@H](C)[C@H](OC(C)=O)[C@H](C)[C@@H](OC)/C=C/O[C@@]5(C)Oc6c(C)c(O)c(c(c6C5=O)C3=O)C4=O)C2)c(F)cc2c(=O)c(C(=O)O)cn(C3CC3)c12. The summed E-state index contributed by atoms with van der Waals surface area (Å²) >= 11 is 0. The molecule has 0 spiro atoms. The number of nitrogens with one attached hydrogen (secondary N) is 1. The Balaban J connectivity index is 1.23. The second kappa shape index (κ2) is 21.2. The third kappa shape index (κ3) is 9.76. The number of carbonyl (C=O) groups excluding carboxylic acids is 5. The quantitative estimate of drug-likeness (QED) is 0.171. The highest BCUT2D eigenvalue weighted by molar-refractivity contribution is 6.32. The minimum absolute atomic E-state index is 0.00628. The van der Waals surface area contributed by atoms with Crippen LogP contribution in [0.1, 0.15) is 114 Å². The van der Waals surface area contributed by atoms with Crippen LogP contribution in [0.2, 0.25) is 0 Å². The number of aromatic carboxylic acids is 1. The molecule has 412 valence electrons. The number of rotatable bonds is 8. The van der Waals surface area contributed by atoms with Crippen molar-refractivity contribution in [1.29, 1.82) is 0 Å². The number of ketones is 3. The number of aliphatic hydroxyl groups is 2. The number of nitrogens with two attached hydrogens (primary N) is 1. The van der Waals surface area contributed by atoms with E-state index in [4.69, 9.17) is 29.4 Å². The van der Waals surface area contributed by atoms with Crippen molar-refractivity contribution >= 4 is 51.8 Å². The van der Waals surface area contributed by atoms with Gasteiger partial charge < -0.3 is 69.5 Å². The van der Waals surface area contributed by atoms with Gasteiger partial charge in [-0.3, -0.25) is 28.8 Å². The van der Waals surface area contributed by atoms with E-state index in [-0.39, 0.29) is 76.0 Å². The first kappa shape index (κ1) is 55.8. The van der Waals surface area contributed by atoms with Crippen LogP contribution >= 0.6 is 0 Å². The average molecular weight is 1070 g/mol. The topological polar surface area (TPSA) is 296 Å². The number of Topliss-reactive ketones (excluding diaryl/α,β-unsaturated/α-hetero) is 3. The number of halogens is 1. The first-order valence-corrected chi connectivity index (χ1v) is 25.3. The minimum atomic E-state index is -2.23. The second-order valence-corrected chi connectivity index (χ2v) is 20.7. The van der Waals surface area contributed by atoms with Crippen LogP contribution in [0.3, 0.4) is 0 Å². The highest BCUT2D eigenvalue weighted by atomic mass is 19.1. The lowest BCUT2D eigenvalue weighted by atomic mass is 9.81. The molecule has 5 heterocycles. The summed E-state index contributed by atoms with van der Waals surface area (Å²) in [6, 6.07) is -1.20. The highest BCUT2D eigenvalue weighted by Crippen LogP contribution is 2.50. The number of methoxy groups -OCH3 is 2. The van der Waals surface area contributed by atoms with Gasteiger partial charge >= 0.3 is 17.7 Å². The van der Waals surface area contributed by atoms with Gasteiger partial charge in [0.05, 0.1) is 65.3 Å². The molecule has 0 radical (unpaired) electrons. The van der Waals surface area contributed by atoms with Crippen molar-refractivity contribution in [3.05, 3.63) is 104 Å². The summed E-state index contributed by atoms with van der Waals surface area (Å²) in [7, 11) is 4.16. The van der Waals surface area contributed by atoms with Crippen molar-refractivity contribution in [2.75, 3.05) is 39.3 Å². The Labute approximate surface area is 442 Å². The molecule has 1 saturated heterocycles. The minimum Gasteiger partial charge on any atom is -0.507 e. The molecular formula is C55H64FN5O16. The van der Waals surface area contributed by atoms with E-state index in [1.165, 1.54) is 84.4 Å². The van der Waals surface area contributed by atoms with Crippen LogP contribution in [0, 0.1) is 30.5 Å². The number of allylic oxidation sites excluding steroid dienone is 4. The fraction of sp³-hybridized carbons (Fsp3) is 0.473. The van der Waals surface area contributed by atoms with Crippen LogP contribution in [-0.4, -0.2) is 142 Å². The molecule has 3 aromatic rings. The molecular weight excluding hydrogens is 1010 g/mol. The number of hydrogen-bond donors (Lipinski definition) is 6. The van der Waals surface area contributed by atoms with Crippen molar-refractivity contribution in [3.63, 3.8) is 0 Å². The van der Waals surface area contributed by atoms with Crippen molar-refractivity contribution in [3.8, 4) is 17.2 Å². The largest absolute Gasteiger partial charge is 0.507 e. The molecule has 2 fully saturated rings. The molecule has 10 atom stereocenters. The van der Waals surface area contributed by atoms with Gasteiger partial charge in [-0.2, -0.15) is 0 Å². The maximum Gasteiger partial charge on any atom is 0.341 e. The van der Waals surface area contributed by atoms with Crippen LogP contribution in [-0.2, 0) is 23.8 Å². The predicted octanol–water partition coefficient (Wildman–Crippen LogP) is 4.36. The van der Waals surface area contributed by atoms with E-state index >= 15 is 14.0 Å². The number of nitrogens with zero attached hydrogens (tertiary/aromatic N) is 3.